The summed E-state index contributed by atoms with van der Waals surface area (Å²) in [6, 6.07) is 8.25. The van der Waals surface area contributed by atoms with Crippen LogP contribution in [0, 0.1) is 0 Å². The van der Waals surface area contributed by atoms with Crippen molar-refractivity contribution in [1.82, 2.24) is 5.32 Å². The Kier molecular flexibility index (Phi) is 3.61. The number of carbonyl (C=O) groups is 2. The molecule has 0 saturated carbocycles. The van der Waals surface area contributed by atoms with E-state index in [9.17, 15) is 14.4 Å². The predicted molar refractivity (Wildman–Crippen MR) is 67.1 cm³/mol. The number of aliphatic carboxylic acids is 1. The molecule has 98 valence electrons. The smallest absolute Gasteiger partial charge is 0.349 e. The summed E-state index contributed by atoms with van der Waals surface area (Å²) in [5.74, 6) is -1.66. The Hall–Kier alpha value is -2.63. The summed E-state index contributed by atoms with van der Waals surface area (Å²) in [4.78, 5) is 33.7. The van der Waals surface area contributed by atoms with Gasteiger partial charge in [-0.25, -0.2) is 4.79 Å². The lowest BCUT2D eigenvalue weighted by atomic mass is 10.2. The van der Waals surface area contributed by atoms with E-state index in [1.54, 1.807) is 24.3 Å². The van der Waals surface area contributed by atoms with Crippen LogP contribution < -0.4 is 10.9 Å². The van der Waals surface area contributed by atoms with Gasteiger partial charge in [-0.3, -0.25) is 9.59 Å². The van der Waals surface area contributed by atoms with E-state index in [2.05, 4.69) is 5.32 Å². The third-order valence-corrected chi connectivity index (χ3v) is 2.51. The highest BCUT2D eigenvalue weighted by Gasteiger charge is 2.13. The molecule has 2 N–H and O–H groups in total. The van der Waals surface area contributed by atoms with Crippen LogP contribution >= 0.6 is 0 Å². The third-order valence-electron chi connectivity index (χ3n) is 2.51. The van der Waals surface area contributed by atoms with E-state index in [4.69, 9.17) is 9.52 Å². The molecule has 1 amide bonds. The number of rotatable bonds is 4. The van der Waals surface area contributed by atoms with E-state index in [1.165, 1.54) is 6.07 Å². The Morgan fingerprint density at radius 3 is 2.74 bits per heavy atom. The minimum atomic E-state index is -1.02. The molecule has 1 heterocycles. The van der Waals surface area contributed by atoms with Gasteiger partial charge in [0.1, 0.15) is 11.1 Å². The van der Waals surface area contributed by atoms with E-state index >= 15 is 0 Å². The van der Waals surface area contributed by atoms with Gasteiger partial charge in [-0.15, -0.1) is 0 Å². The molecule has 2 rings (SSSR count). The molecule has 2 aromatic rings. The summed E-state index contributed by atoms with van der Waals surface area (Å²) in [7, 11) is 0. The minimum Gasteiger partial charge on any atom is -0.481 e. The van der Waals surface area contributed by atoms with Crippen LogP contribution in [0.25, 0.3) is 11.0 Å². The van der Waals surface area contributed by atoms with Gasteiger partial charge in [0, 0.05) is 11.9 Å². The molecule has 0 bridgehead atoms. The normalized spacial score (nSPS) is 10.3. The van der Waals surface area contributed by atoms with Crippen molar-refractivity contribution in [2.24, 2.45) is 0 Å². The molecule has 0 saturated heterocycles. The maximum atomic E-state index is 11.7. The molecule has 0 spiro atoms. The lowest BCUT2D eigenvalue weighted by molar-refractivity contribution is -0.136. The minimum absolute atomic E-state index is 0.0412. The summed E-state index contributed by atoms with van der Waals surface area (Å²) in [5, 5.41) is 11.4. The highest BCUT2D eigenvalue weighted by Crippen LogP contribution is 2.12. The highest BCUT2D eigenvalue weighted by atomic mass is 16.4. The van der Waals surface area contributed by atoms with Crippen molar-refractivity contribution in [3.8, 4) is 0 Å². The number of carbonyl (C=O) groups excluding carboxylic acids is 1. The number of hydrogen-bond donors (Lipinski definition) is 2. The van der Waals surface area contributed by atoms with Crippen molar-refractivity contribution in [3.05, 3.63) is 46.3 Å². The van der Waals surface area contributed by atoms with E-state index in [0.29, 0.717) is 11.0 Å². The topological polar surface area (TPSA) is 96.6 Å². The second-order valence-corrected chi connectivity index (χ2v) is 3.88. The number of hydrogen-bond acceptors (Lipinski definition) is 4. The first-order valence-corrected chi connectivity index (χ1v) is 5.61. The zero-order chi connectivity index (χ0) is 13.8. The molecule has 1 aromatic carbocycles. The van der Waals surface area contributed by atoms with Crippen LogP contribution in [0.4, 0.5) is 0 Å². The fraction of sp³-hybridized carbons (Fsp3) is 0.154. The Morgan fingerprint density at radius 1 is 1.26 bits per heavy atom. The first kappa shape index (κ1) is 12.8. The van der Waals surface area contributed by atoms with Crippen LogP contribution in [0.15, 0.2) is 39.5 Å². The molecule has 0 unspecified atom stereocenters. The average molecular weight is 261 g/mol. The predicted octanol–water partition coefficient (Wildman–Crippen LogP) is 0.998. The van der Waals surface area contributed by atoms with Gasteiger partial charge >= 0.3 is 11.6 Å². The molecule has 0 fully saturated rings. The number of benzene rings is 1. The van der Waals surface area contributed by atoms with Crippen LogP contribution in [0.3, 0.4) is 0 Å². The standard InChI is InChI=1S/C13H11NO5/c15-11(16)5-6-14-12(17)9-7-8-3-1-2-4-10(8)19-13(9)18/h1-4,7H,5-6H2,(H,14,17)(H,15,16). The summed E-state index contributed by atoms with van der Waals surface area (Å²) < 4.78 is 5.01. The lowest BCUT2D eigenvalue weighted by Gasteiger charge is -2.03. The van der Waals surface area contributed by atoms with Crippen molar-refractivity contribution in [2.45, 2.75) is 6.42 Å². The van der Waals surface area contributed by atoms with Crippen LogP contribution in [0.5, 0.6) is 0 Å². The van der Waals surface area contributed by atoms with Gasteiger partial charge in [-0.1, -0.05) is 18.2 Å². The summed E-state index contributed by atoms with van der Waals surface area (Å²) in [6.07, 6.45) is -0.204. The number of carboxylic acid groups (broad SMARTS) is 1. The van der Waals surface area contributed by atoms with Gasteiger partial charge in [-0.05, 0) is 12.1 Å². The second-order valence-electron chi connectivity index (χ2n) is 3.88. The first-order chi connectivity index (χ1) is 9.08. The molecule has 0 radical (unpaired) electrons. The van der Waals surface area contributed by atoms with Crippen molar-refractivity contribution in [3.63, 3.8) is 0 Å². The summed E-state index contributed by atoms with van der Waals surface area (Å²) in [6.45, 7) is -0.0412. The van der Waals surface area contributed by atoms with Gasteiger partial charge in [0.05, 0.1) is 6.42 Å². The van der Waals surface area contributed by atoms with E-state index in [0.717, 1.165) is 0 Å². The largest absolute Gasteiger partial charge is 0.481 e. The third kappa shape index (κ3) is 2.98. The first-order valence-electron chi connectivity index (χ1n) is 5.61. The Morgan fingerprint density at radius 2 is 2.00 bits per heavy atom. The molecule has 0 atom stereocenters. The van der Waals surface area contributed by atoms with Crippen LogP contribution in [-0.4, -0.2) is 23.5 Å². The molecule has 0 aliphatic rings. The van der Waals surface area contributed by atoms with E-state index in [1.807, 2.05) is 0 Å². The van der Waals surface area contributed by atoms with Gasteiger partial charge in [-0.2, -0.15) is 0 Å². The Bertz CT molecular complexity index is 689. The van der Waals surface area contributed by atoms with Gasteiger partial charge in [0.15, 0.2) is 0 Å². The number of amides is 1. The molecule has 19 heavy (non-hydrogen) atoms. The zero-order valence-corrected chi connectivity index (χ0v) is 9.88. The van der Waals surface area contributed by atoms with Gasteiger partial charge in [0.25, 0.3) is 5.91 Å². The van der Waals surface area contributed by atoms with Crippen LogP contribution in [0.2, 0.25) is 0 Å². The number of para-hydroxylation sites is 1. The van der Waals surface area contributed by atoms with Gasteiger partial charge < -0.3 is 14.8 Å². The Labute approximate surface area is 107 Å². The molecular formula is C13H11NO5. The van der Waals surface area contributed by atoms with E-state index < -0.39 is 17.5 Å². The maximum Gasteiger partial charge on any atom is 0.349 e. The second kappa shape index (κ2) is 5.34. The van der Waals surface area contributed by atoms with E-state index in [-0.39, 0.29) is 18.5 Å². The van der Waals surface area contributed by atoms with Crippen molar-refractivity contribution in [2.75, 3.05) is 6.54 Å². The fourth-order valence-electron chi connectivity index (χ4n) is 1.60. The number of nitrogens with one attached hydrogen (secondary N) is 1. The lowest BCUT2D eigenvalue weighted by Crippen LogP contribution is -2.30. The summed E-state index contributed by atoms with van der Waals surface area (Å²) in [5.41, 5.74) is -0.481. The van der Waals surface area contributed by atoms with Crippen LogP contribution in [0.1, 0.15) is 16.8 Å². The molecule has 1 aromatic heterocycles. The maximum absolute atomic E-state index is 11.7. The quantitative estimate of drug-likeness (QED) is 0.800. The van der Waals surface area contributed by atoms with Crippen molar-refractivity contribution in [1.29, 1.82) is 0 Å². The van der Waals surface area contributed by atoms with Crippen molar-refractivity contribution >= 4 is 22.8 Å². The molecule has 0 aliphatic carbocycles. The number of carboxylic acids is 1. The average Bonchev–Trinajstić information content (AvgIpc) is 2.37. The zero-order valence-electron chi connectivity index (χ0n) is 9.88. The van der Waals surface area contributed by atoms with Gasteiger partial charge in [0.2, 0.25) is 0 Å². The van der Waals surface area contributed by atoms with Crippen molar-refractivity contribution < 1.29 is 19.1 Å². The Balaban J connectivity index is 2.24. The number of fused-ring (bicyclic) bond motifs is 1. The fourth-order valence-corrected chi connectivity index (χ4v) is 1.60. The molecule has 6 heteroatoms. The SMILES string of the molecule is O=C(O)CCNC(=O)c1cc2ccccc2oc1=O. The monoisotopic (exact) mass is 261 g/mol. The van der Waals surface area contributed by atoms with Crippen LogP contribution in [-0.2, 0) is 4.79 Å². The highest BCUT2D eigenvalue weighted by molar-refractivity contribution is 5.96. The molecule has 0 aliphatic heterocycles. The molecular weight excluding hydrogens is 250 g/mol. The molecule has 6 nitrogen and oxygen atoms in total. The summed E-state index contributed by atoms with van der Waals surface area (Å²) >= 11 is 0.